The average Bonchev–Trinajstić information content (AvgIpc) is 3.30. The molecule has 3 rings (SSSR count). The van der Waals surface area contributed by atoms with Gasteiger partial charge in [-0.2, -0.15) is 0 Å². The van der Waals surface area contributed by atoms with E-state index in [2.05, 4.69) is 13.0 Å². The van der Waals surface area contributed by atoms with Crippen LogP contribution in [0.25, 0.3) is 0 Å². The standard InChI is InChI=1S/C26H35NO3S/c1-3-4-5-6-7-11-14-25(28)27-17-18-31-26(27)22-15-16-23(29-2)24(19-22)30-20-21-12-9-8-10-13-21/h8-10,12-13,15-16,19,26H,3-7,11,14,17-18,20H2,1-2H3. The minimum Gasteiger partial charge on any atom is -0.493 e. The second-order valence-electron chi connectivity index (χ2n) is 8.01. The highest BCUT2D eigenvalue weighted by Gasteiger charge is 2.30. The molecule has 1 unspecified atom stereocenters. The second-order valence-corrected chi connectivity index (χ2v) is 9.20. The van der Waals surface area contributed by atoms with E-state index >= 15 is 0 Å². The molecule has 0 radical (unpaired) electrons. The number of unbranched alkanes of at least 4 members (excludes halogenated alkanes) is 5. The van der Waals surface area contributed by atoms with Gasteiger partial charge in [-0.15, -0.1) is 11.8 Å². The van der Waals surface area contributed by atoms with Gasteiger partial charge in [-0.25, -0.2) is 0 Å². The zero-order chi connectivity index (χ0) is 21.9. The number of carbonyl (C=O) groups is 1. The first-order valence-corrected chi connectivity index (χ1v) is 12.5. The molecule has 31 heavy (non-hydrogen) atoms. The van der Waals surface area contributed by atoms with Crippen LogP contribution in [0.1, 0.15) is 68.4 Å². The van der Waals surface area contributed by atoms with E-state index in [9.17, 15) is 4.79 Å². The molecule has 1 atom stereocenters. The molecular weight excluding hydrogens is 406 g/mol. The monoisotopic (exact) mass is 441 g/mol. The van der Waals surface area contributed by atoms with Gasteiger partial charge in [0.05, 0.1) is 7.11 Å². The molecule has 4 nitrogen and oxygen atoms in total. The molecule has 168 valence electrons. The predicted molar refractivity (Wildman–Crippen MR) is 129 cm³/mol. The quantitative estimate of drug-likeness (QED) is 0.348. The molecule has 2 aromatic carbocycles. The van der Waals surface area contributed by atoms with Gasteiger partial charge in [-0.1, -0.05) is 75.4 Å². The lowest BCUT2D eigenvalue weighted by Gasteiger charge is -2.25. The summed E-state index contributed by atoms with van der Waals surface area (Å²) in [4.78, 5) is 14.9. The fraction of sp³-hybridized carbons (Fsp3) is 0.500. The topological polar surface area (TPSA) is 38.8 Å². The van der Waals surface area contributed by atoms with Crippen molar-refractivity contribution in [2.45, 2.75) is 63.9 Å². The highest BCUT2D eigenvalue weighted by Crippen LogP contribution is 2.41. The number of thioether (sulfide) groups is 1. The van der Waals surface area contributed by atoms with Crippen molar-refractivity contribution in [3.63, 3.8) is 0 Å². The zero-order valence-corrected chi connectivity index (χ0v) is 19.7. The van der Waals surface area contributed by atoms with Crippen molar-refractivity contribution in [2.24, 2.45) is 0 Å². The van der Waals surface area contributed by atoms with Gasteiger partial charge >= 0.3 is 0 Å². The molecule has 1 heterocycles. The smallest absolute Gasteiger partial charge is 0.223 e. The lowest BCUT2D eigenvalue weighted by Crippen LogP contribution is -2.30. The molecule has 0 aliphatic carbocycles. The maximum absolute atomic E-state index is 12.9. The molecular formula is C26H35NO3S. The van der Waals surface area contributed by atoms with Gasteiger partial charge in [0.2, 0.25) is 5.91 Å². The highest BCUT2D eigenvalue weighted by atomic mass is 32.2. The van der Waals surface area contributed by atoms with Crippen molar-refractivity contribution < 1.29 is 14.3 Å². The van der Waals surface area contributed by atoms with Crippen molar-refractivity contribution in [3.05, 3.63) is 59.7 Å². The number of hydrogen-bond donors (Lipinski definition) is 0. The van der Waals surface area contributed by atoms with Gasteiger partial charge in [0.15, 0.2) is 11.5 Å². The molecule has 0 bridgehead atoms. The molecule has 0 saturated carbocycles. The van der Waals surface area contributed by atoms with Gasteiger partial charge in [0.25, 0.3) is 0 Å². The van der Waals surface area contributed by atoms with Crippen LogP contribution in [0.15, 0.2) is 48.5 Å². The van der Waals surface area contributed by atoms with Crippen molar-refractivity contribution in [2.75, 3.05) is 19.4 Å². The Labute approximate surface area is 191 Å². The van der Waals surface area contributed by atoms with E-state index in [0.717, 1.165) is 42.0 Å². The van der Waals surface area contributed by atoms with Crippen LogP contribution in [0, 0.1) is 0 Å². The van der Waals surface area contributed by atoms with Crippen LogP contribution in [0.5, 0.6) is 11.5 Å². The maximum Gasteiger partial charge on any atom is 0.223 e. The molecule has 0 N–H and O–H groups in total. The molecule has 1 saturated heterocycles. The first-order valence-electron chi connectivity index (χ1n) is 11.5. The Morgan fingerprint density at radius 3 is 2.58 bits per heavy atom. The SMILES string of the molecule is CCCCCCCCC(=O)N1CCSC1c1ccc(OC)c(OCc2ccccc2)c1. The second kappa shape index (κ2) is 12.7. The van der Waals surface area contributed by atoms with Crippen molar-refractivity contribution >= 4 is 17.7 Å². The van der Waals surface area contributed by atoms with E-state index in [1.807, 2.05) is 59.1 Å². The summed E-state index contributed by atoms with van der Waals surface area (Å²) >= 11 is 1.83. The third-order valence-electron chi connectivity index (χ3n) is 5.67. The van der Waals surface area contributed by atoms with Gasteiger partial charge in [-0.05, 0) is 29.7 Å². The molecule has 1 amide bonds. The lowest BCUT2D eigenvalue weighted by molar-refractivity contribution is -0.131. The van der Waals surface area contributed by atoms with Crippen molar-refractivity contribution in [1.29, 1.82) is 0 Å². The number of carbonyl (C=O) groups excluding carboxylic acids is 1. The predicted octanol–water partition coefficient (Wildman–Crippen LogP) is 6.60. The van der Waals surface area contributed by atoms with Crippen molar-refractivity contribution in [1.82, 2.24) is 4.90 Å². The summed E-state index contributed by atoms with van der Waals surface area (Å²) in [5.74, 6) is 2.68. The van der Waals surface area contributed by atoms with Crippen LogP contribution in [0.4, 0.5) is 0 Å². The Balaban J connectivity index is 1.61. The number of nitrogens with zero attached hydrogens (tertiary/aromatic N) is 1. The summed E-state index contributed by atoms with van der Waals surface area (Å²) in [5, 5.41) is 0.0533. The summed E-state index contributed by atoms with van der Waals surface area (Å²) in [6, 6.07) is 16.2. The number of hydrogen-bond acceptors (Lipinski definition) is 4. The highest BCUT2D eigenvalue weighted by molar-refractivity contribution is 7.99. The summed E-state index contributed by atoms with van der Waals surface area (Å²) in [5.41, 5.74) is 2.21. The molecule has 1 fully saturated rings. The van der Waals surface area contributed by atoms with Gasteiger partial charge in [0.1, 0.15) is 12.0 Å². The van der Waals surface area contributed by atoms with Crippen LogP contribution in [0.3, 0.4) is 0 Å². The fourth-order valence-electron chi connectivity index (χ4n) is 3.90. The Hall–Kier alpha value is -2.14. The summed E-state index contributed by atoms with van der Waals surface area (Å²) < 4.78 is 11.6. The molecule has 2 aromatic rings. The van der Waals surface area contributed by atoms with Crippen LogP contribution in [-0.4, -0.2) is 30.2 Å². The Morgan fingerprint density at radius 2 is 1.81 bits per heavy atom. The van der Waals surface area contributed by atoms with Gasteiger partial charge < -0.3 is 14.4 Å². The normalized spacial score (nSPS) is 15.8. The Morgan fingerprint density at radius 1 is 1.03 bits per heavy atom. The maximum atomic E-state index is 12.9. The van der Waals surface area contributed by atoms with Crippen LogP contribution in [-0.2, 0) is 11.4 Å². The van der Waals surface area contributed by atoms with E-state index in [-0.39, 0.29) is 11.3 Å². The lowest BCUT2D eigenvalue weighted by atomic mass is 10.1. The number of methoxy groups -OCH3 is 1. The number of rotatable bonds is 12. The first kappa shape index (κ1) is 23.5. The first-order chi connectivity index (χ1) is 15.2. The van der Waals surface area contributed by atoms with E-state index in [1.165, 1.54) is 25.7 Å². The van der Waals surface area contributed by atoms with E-state index in [1.54, 1.807) is 7.11 Å². The fourth-order valence-corrected chi connectivity index (χ4v) is 5.16. The molecule has 1 aliphatic rings. The molecule has 1 aliphatic heterocycles. The Bertz CT molecular complexity index is 812. The van der Waals surface area contributed by atoms with Gasteiger partial charge in [0, 0.05) is 18.7 Å². The Kier molecular flexibility index (Phi) is 9.60. The third-order valence-corrected chi connectivity index (χ3v) is 6.93. The minimum absolute atomic E-state index is 0.0533. The summed E-state index contributed by atoms with van der Waals surface area (Å²) in [6.07, 6.45) is 7.86. The number of ether oxygens (including phenoxy) is 2. The molecule has 0 aromatic heterocycles. The summed E-state index contributed by atoms with van der Waals surface area (Å²) in [7, 11) is 1.66. The third kappa shape index (κ3) is 6.93. The van der Waals surface area contributed by atoms with Crippen LogP contribution in [0.2, 0.25) is 0 Å². The number of benzene rings is 2. The van der Waals surface area contributed by atoms with E-state index in [4.69, 9.17) is 9.47 Å². The minimum atomic E-state index is 0.0533. The molecule has 5 heteroatoms. The van der Waals surface area contributed by atoms with E-state index < -0.39 is 0 Å². The average molecular weight is 442 g/mol. The molecule has 0 spiro atoms. The van der Waals surface area contributed by atoms with Gasteiger partial charge in [-0.3, -0.25) is 4.79 Å². The number of amides is 1. The zero-order valence-electron chi connectivity index (χ0n) is 18.8. The van der Waals surface area contributed by atoms with Crippen molar-refractivity contribution in [3.8, 4) is 11.5 Å². The summed E-state index contributed by atoms with van der Waals surface area (Å²) in [6.45, 7) is 3.53. The largest absolute Gasteiger partial charge is 0.493 e. The van der Waals surface area contributed by atoms with Crippen LogP contribution < -0.4 is 9.47 Å². The van der Waals surface area contributed by atoms with E-state index in [0.29, 0.717) is 18.8 Å². The van der Waals surface area contributed by atoms with Crippen LogP contribution >= 0.6 is 11.8 Å².